The van der Waals surface area contributed by atoms with Crippen LogP contribution in [-0.2, 0) is 4.79 Å². The fourth-order valence-electron chi connectivity index (χ4n) is 3.28. The number of rotatable bonds is 9. The summed E-state index contributed by atoms with van der Waals surface area (Å²) in [4.78, 5) is 24.9. The summed E-state index contributed by atoms with van der Waals surface area (Å²) < 4.78 is 16.3. The molecular formula is C24H20N4O4S2. The first-order valence-electron chi connectivity index (χ1n) is 10.4. The summed E-state index contributed by atoms with van der Waals surface area (Å²) in [7, 11) is 1.63. The number of thioether (sulfide) groups is 1. The Labute approximate surface area is 203 Å². The zero-order valence-corrected chi connectivity index (χ0v) is 19.7. The van der Waals surface area contributed by atoms with Crippen molar-refractivity contribution in [2.45, 2.75) is 11.6 Å². The van der Waals surface area contributed by atoms with Crippen LogP contribution in [0, 0.1) is 0 Å². The Kier molecular flexibility index (Phi) is 6.50. The number of imidazole rings is 1. The second-order valence-corrected chi connectivity index (χ2v) is 9.08. The molecule has 0 aliphatic rings. The number of carbonyl (C=O) groups excluding carboxylic acids is 1. The molecule has 1 amide bonds. The molecule has 0 atom stereocenters. The van der Waals surface area contributed by atoms with Gasteiger partial charge in [0.05, 0.1) is 25.3 Å². The highest BCUT2D eigenvalue weighted by molar-refractivity contribution is 7.99. The highest BCUT2D eigenvalue weighted by atomic mass is 32.2. The Morgan fingerprint density at radius 3 is 2.71 bits per heavy atom. The van der Waals surface area contributed by atoms with E-state index in [9.17, 15) is 4.79 Å². The van der Waals surface area contributed by atoms with Crippen LogP contribution in [0.2, 0.25) is 0 Å². The highest BCUT2D eigenvalue weighted by Gasteiger charge is 2.18. The van der Waals surface area contributed by atoms with Crippen LogP contribution < -0.4 is 10.1 Å². The normalized spacial score (nSPS) is 11.0. The highest BCUT2D eigenvalue weighted by Crippen LogP contribution is 2.33. The van der Waals surface area contributed by atoms with E-state index in [0.29, 0.717) is 39.7 Å². The molecule has 5 aromatic rings. The van der Waals surface area contributed by atoms with Gasteiger partial charge in [0.25, 0.3) is 0 Å². The molecule has 0 saturated heterocycles. The number of H-pyrrole nitrogens is 1. The molecule has 172 valence electrons. The van der Waals surface area contributed by atoms with Crippen molar-refractivity contribution in [1.82, 2.24) is 15.0 Å². The first-order chi connectivity index (χ1) is 16.7. The molecule has 0 spiro atoms. The fourth-order valence-corrected chi connectivity index (χ4v) is 4.83. The number of ether oxygens (including phenoxy) is 1. The maximum atomic E-state index is 12.5. The first kappa shape index (κ1) is 22.1. The van der Waals surface area contributed by atoms with Crippen LogP contribution in [0.15, 0.2) is 80.4 Å². The third kappa shape index (κ3) is 4.92. The molecule has 2 N–H and O–H groups in total. The summed E-state index contributed by atoms with van der Waals surface area (Å²) in [5.74, 6) is 2.50. The van der Waals surface area contributed by atoms with E-state index in [2.05, 4.69) is 20.3 Å². The molecule has 0 unspecified atom stereocenters. The molecule has 4 aromatic heterocycles. The third-order valence-corrected chi connectivity index (χ3v) is 6.52. The minimum atomic E-state index is -0.108. The van der Waals surface area contributed by atoms with Gasteiger partial charge in [0, 0.05) is 23.1 Å². The van der Waals surface area contributed by atoms with Crippen LogP contribution in [0.1, 0.15) is 6.42 Å². The largest absolute Gasteiger partial charge is 0.497 e. The Hall–Kier alpha value is -3.76. The number of methoxy groups -OCH3 is 1. The summed E-state index contributed by atoms with van der Waals surface area (Å²) in [6, 6.07) is 15.0. The van der Waals surface area contributed by atoms with Crippen LogP contribution in [0.4, 0.5) is 5.13 Å². The molecule has 0 aliphatic carbocycles. The predicted octanol–water partition coefficient (Wildman–Crippen LogP) is 6.18. The maximum absolute atomic E-state index is 12.5. The lowest BCUT2D eigenvalue weighted by molar-refractivity contribution is -0.115. The van der Waals surface area contributed by atoms with Gasteiger partial charge < -0.3 is 23.9 Å². The number of aromatic nitrogens is 3. The number of hydrogen-bond acceptors (Lipinski definition) is 8. The Morgan fingerprint density at radius 1 is 1.12 bits per heavy atom. The molecular weight excluding hydrogens is 472 g/mol. The molecule has 0 bridgehead atoms. The van der Waals surface area contributed by atoms with Gasteiger partial charge in [0.15, 0.2) is 21.8 Å². The summed E-state index contributed by atoms with van der Waals surface area (Å²) >= 11 is 2.84. The average Bonchev–Trinajstić information content (AvgIpc) is 3.66. The molecule has 0 aliphatic heterocycles. The number of aromatic amines is 1. The van der Waals surface area contributed by atoms with Crippen LogP contribution in [-0.4, -0.2) is 33.7 Å². The van der Waals surface area contributed by atoms with Crippen molar-refractivity contribution in [1.29, 1.82) is 0 Å². The van der Waals surface area contributed by atoms with E-state index in [1.807, 2.05) is 53.9 Å². The smallest absolute Gasteiger partial charge is 0.226 e. The standard InChI is InChI=1S/C24H20N4O4S2/c1-30-16-6-2-5-15(13-16)17-14-34-23(25-17)26-20(29)9-12-33-24-27-21(18-7-3-10-31-18)22(28-24)19-8-4-11-32-19/h2-8,10-11,13-14H,9,12H2,1H3,(H,27,28)(H,25,26,29). The van der Waals surface area contributed by atoms with Gasteiger partial charge in [-0.1, -0.05) is 23.9 Å². The van der Waals surface area contributed by atoms with Gasteiger partial charge in [-0.3, -0.25) is 4.79 Å². The molecule has 5 rings (SSSR count). The lowest BCUT2D eigenvalue weighted by Gasteiger charge is -2.02. The lowest BCUT2D eigenvalue weighted by Crippen LogP contribution is -2.12. The molecule has 10 heteroatoms. The Morgan fingerprint density at radius 2 is 1.94 bits per heavy atom. The summed E-state index contributed by atoms with van der Waals surface area (Å²) in [6.45, 7) is 0. The van der Waals surface area contributed by atoms with E-state index in [1.54, 1.807) is 19.6 Å². The lowest BCUT2D eigenvalue weighted by atomic mass is 10.2. The number of nitrogens with one attached hydrogen (secondary N) is 2. The van der Waals surface area contributed by atoms with Gasteiger partial charge in [0.2, 0.25) is 5.91 Å². The number of furan rings is 2. The van der Waals surface area contributed by atoms with Crippen molar-refractivity contribution in [3.8, 4) is 39.9 Å². The maximum Gasteiger partial charge on any atom is 0.226 e. The molecule has 0 fully saturated rings. The molecule has 34 heavy (non-hydrogen) atoms. The molecule has 1 aromatic carbocycles. The predicted molar refractivity (Wildman–Crippen MR) is 132 cm³/mol. The molecule has 4 heterocycles. The summed E-state index contributed by atoms with van der Waals surface area (Å²) in [5, 5.41) is 6.02. The van der Waals surface area contributed by atoms with Crippen molar-refractivity contribution in [3.63, 3.8) is 0 Å². The molecule has 0 saturated carbocycles. The van der Waals surface area contributed by atoms with Gasteiger partial charge in [-0.25, -0.2) is 9.97 Å². The second kappa shape index (κ2) is 10.0. The third-order valence-electron chi connectivity index (χ3n) is 4.89. The number of hydrogen-bond donors (Lipinski definition) is 2. The van der Waals surface area contributed by atoms with Crippen molar-refractivity contribution in [2.75, 3.05) is 18.2 Å². The summed E-state index contributed by atoms with van der Waals surface area (Å²) in [5.41, 5.74) is 3.13. The Balaban J connectivity index is 1.19. The quantitative estimate of drug-likeness (QED) is 0.237. The van der Waals surface area contributed by atoms with Crippen molar-refractivity contribution in [2.24, 2.45) is 0 Å². The van der Waals surface area contributed by atoms with Gasteiger partial charge in [-0.05, 0) is 36.4 Å². The van der Waals surface area contributed by atoms with Crippen LogP contribution in [0.25, 0.3) is 34.2 Å². The number of carbonyl (C=O) groups is 1. The monoisotopic (exact) mass is 492 g/mol. The number of nitrogens with zero attached hydrogens (tertiary/aromatic N) is 2. The van der Waals surface area contributed by atoms with Gasteiger partial charge >= 0.3 is 0 Å². The van der Waals surface area contributed by atoms with Crippen LogP contribution in [0.5, 0.6) is 5.75 Å². The van der Waals surface area contributed by atoms with Crippen LogP contribution >= 0.6 is 23.1 Å². The molecule has 0 radical (unpaired) electrons. The van der Waals surface area contributed by atoms with E-state index >= 15 is 0 Å². The van der Waals surface area contributed by atoms with Gasteiger partial charge in [-0.2, -0.15) is 0 Å². The number of amides is 1. The second-order valence-electron chi connectivity index (χ2n) is 7.14. The average molecular weight is 493 g/mol. The fraction of sp³-hybridized carbons (Fsp3) is 0.125. The minimum absolute atomic E-state index is 0.108. The van der Waals surface area contributed by atoms with E-state index in [-0.39, 0.29) is 5.91 Å². The van der Waals surface area contributed by atoms with Crippen molar-refractivity contribution >= 4 is 34.1 Å². The van der Waals surface area contributed by atoms with E-state index in [4.69, 9.17) is 13.6 Å². The number of anilines is 1. The zero-order valence-electron chi connectivity index (χ0n) is 18.1. The van der Waals surface area contributed by atoms with E-state index in [1.165, 1.54) is 23.1 Å². The summed E-state index contributed by atoms with van der Waals surface area (Å²) in [6.07, 6.45) is 3.52. The van der Waals surface area contributed by atoms with E-state index in [0.717, 1.165) is 22.7 Å². The van der Waals surface area contributed by atoms with Gasteiger partial charge in [-0.15, -0.1) is 11.3 Å². The van der Waals surface area contributed by atoms with Gasteiger partial charge in [0.1, 0.15) is 17.1 Å². The topological polar surface area (TPSA) is 106 Å². The van der Waals surface area contributed by atoms with Crippen molar-refractivity contribution < 1.29 is 18.4 Å². The number of thiazole rings is 1. The van der Waals surface area contributed by atoms with Crippen LogP contribution in [0.3, 0.4) is 0 Å². The van der Waals surface area contributed by atoms with E-state index < -0.39 is 0 Å². The van der Waals surface area contributed by atoms with Crippen molar-refractivity contribution in [3.05, 3.63) is 66.4 Å². The SMILES string of the molecule is COc1cccc(-c2csc(NC(=O)CCSc3nc(-c4ccco4)c(-c4ccco4)[nH]3)n2)c1. The Bertz CT molecular complexity index is 1320. The zero-order chi connectivity index (χ0) is 23.3. The number of benzene rings is 1. The minimum Gasteiger partial charge on any atom is -0.497 e. The first-order valence-corrected chi connectivity index (χ1v) is 12.3. The molecule has 8 nitrogen and oxygen atoms in total.